The predicted molar refractivity (Wildman–Crippen MR) is 82.3 cm³/mol. The van der Waals surface area contributed by atoms with E-state index in [4.69, 9.17) is 9.47 Å². The lowest BCUT2D eigenvalue weighted by atomic mass is 9.95. The number of ether oxygens (including phenoxy) is 2. The van der Waals surface area contributed by atoms with Crippen LogP contribution >= 0.6 is 0 Å². The van der Waals surface area contributed by atoms with Gasteiger partial charge in [-0.1, -0.05) is 37.3 Å². The Labute approximate surface area is 126 Å². The van der Waals surface area contributed by atoms with E-state index in [0.717, 1.165) is 25.0 Å². The number of benzene rings is 1. The second kappa shape index (κ2) is 8.15. The molecule has 1 heterocycles. The third-order valence-electron chi connectivity index (χ3n) is 3.79. The third kappa shape index (κ3) is 4.83. The van der Waals surface area contributed by atoms with Crippen LogP contribution in [0, 0.1) is 0 Å². The average molecular weight is 291 g/mol. The van der Waals surface area contributed by atoms with Gasteiger partial charge in [0.2, 0.25) is 5.91 Å². The summed E-state index contributed by atoms with van der Waals surface area (Å²) in [7, 11) is 0. The molecule has 0 bridgehead atoms. The lowest BCUT2D eigenvalue weighted by Gasteiger charge is -2.21. The topological polar surface area (TPSA) is 47.6 Å². The maximum absolute atomic E-state index is 12.4. The third-order valence-corrected chi connectivity index (χ3v) is 3.79. The Morgan fingerprint density at radius 2 is 2.19 bits per heavy atom. The fraction of sp³-hybridized carbons (Fsp3) is 0.588. The Balaban J connectivity index is 1.81. The van der Waals surface area contributed by atoms with Crippen molar-refractivity contribution in [3.05, 3.63) is 35.9 Å². The largest absolute Gasteiger partial charge is 0.379 e. The first-order chi connectivity index (χ1) is 10.2. The molecule has 1 aliphatic rings. The lowest BCUT2D eigenvalue weighted by Crippen LogP contribution is -2.39. The van der Waals surface area contributed by atoms with Crippen molar-refractivity contribution in [1.82, 2.24) is 5.32 Å². The summed E-state index contributed by atoms with van der Waals surface area (Å²) in [6, 6.07) is 9.93. The van der Waals surface area contributed by atoms with Gasteiger partial charge in [0.1, 0.15) is 0 Å². The SMILES string of the molecule is CC[C@H](C(=O)N[C@@H](C)CO[C@H]1CCOC1)c1ccccc1. The van der Waals surface area contributed by atoms with Crippen LogP contribution in [-0.4, -0.2) is 37.9 Å². The maximum atomic E-state index is 12.4. The molecule has 0 unspecified atom stereocenters. The smallest absolute Gasteiger partial charge is 0.227 e. The predicted octanol–water partition coefficient (Wildman–Crippen LogP) is 2.49. The van der Waals surface area contributed by atoms with Crippen molar-refractivity contribution in [2.75, 3.05) is 19.8 Å². The standard InChI is InChI=1S/C17H25NO3/c1-3-16(14-7-5-4-6-8-14)17(19)18-13(2)11-21-15-9-10-20-12-15/h4-8,13,15-16H,3,9-12H2,1-2H3,(H,18,19)/t13-,15-,16-/m0/s1. The molecule has 1 N–H and O–H groups in total. The molecule has 1 amide bonds. The Morgan fingerprint density at radius 3 is 2.81 bits per heavy atom. The van der Waals surface area contributed by atoms with Gasteiger partial charge in [-0.2, -0.15) is 0 Å². The van der Waals surface area contributed by atoms with Crippen LogP contribution in [-0.2, 0) is 14.3 Å². The van der Waals surface area contributed by atoms with Crippen LogP contribution < -0.4 is 5.32 Å². The zero-order valence-corrected chi connectivity index (χ0v) is 12.9. The molecule has 0 saturated carbocycles. The molecule has 1 aromatic carbocycles. The average Bonchev–Trinajstić information content (AvgIpc) is 3.00. The van der Waals surface area contributed by atoms with E-state index in [9.17, 15) is 4.79 Å². The quantitative estimate of drug-likeness (QED) is 0.839. The van der Waals surface area contributed by atoms with Crippen molar-refractivity contribution < 1.29 is 14.3 Å². The van der Waals surface area contributed by atoms with Gasteiger partial charge in [-0.05, 0) is 25.3 Å². The summed E-state index contributed by atoms with van der Waals surface area (Å²) in [5, 5.41) is 3.05. The number of carbonyl (C=O) groups excluding carboxylic acids is 1. The normalized spacial score (nSPS) is 21.0. The lowest BCUT2D eigenvalue weighted by molar-refractivity contribution is -0.123. The molecule has 4 nitrogen and oxygen atoms in total. The summed E-state index contributed by atoms with van der Waals surface area (Å²) >= 11 is 0. The number of amides is 1. The molecule has 1 fully saturated rings. The first-order valence-corrected chi connectivity index (χ1v) is 7.75. The Morgan fingerprint density at radius 1 is 1.43 bits per heavy atom. The van der Waals surface area contributed by atoms with E-state index >= 15 is 0 Å². The second-order valence-electron chi connectivity index (χ2n) is 5.60. The van der Waals surface area contributed by atoms with Gasteiger partial charge in [-0.3, -0.25) is 4.79 Å². The fourth-order valence-corrected chi connectivity index (χ4v) is 2.57. The van der Waals surface area contributed by atoms with Crippen LogP contribution in [0.3, 0.4) is 0 Å². The van der Waals surface area contributed by atoms with E-state index in [2.05, 4.69) is 5.32 Å². The van der Waals surface area contributed by atoms with Crippen LogP contribution in [0.15, 0.2) is 30.3 Å². The molecule has 1 aromatic rings. The number of nitrogens with one attached hydrogen (secondary N) is 1. The van der Waals surface area contributed by atoms with Gasteiger partial charge < -0.3 is 14.8 Å². The minimum atomic E-state index is -0.0940. The summed E-state index contributed by atoms with van der Waals surface area (Å²) in [5.74, 6) is -0.0223. The number of hydrogen-bond donors (Lipinski definition) is 1. The van der Waals surface area contributed by atoms with Crippen molar-refractivity contribution in [1.29, 1.82) is 0 Å². The highest BCUT2D eigenvalue weighted by Gasteiger charge is 2.21. The molecule has 4 heteroatoms. The summed E-state index contributed by atoms with van der Waals surface area (Å²) in [4.78, 5) is 12.4. The first kappa shape index (κ1) is 16.0. The molecule has 2 rings (SSSR count). The highest BCUT2D eigenvalue weighted by Crippen LogP contribution is 2.19. The van der Waals surface area contributed by atoms with Crippen molar-refractivity contribution in [2.24, 2.45) is 0 Å². The summed E-state index contributed by atoms with van der Waals surface area (Å²) in [5.41, 5.74) is 1.06. The molecule has 3 atom stereocenters. The Hall–Kier alpha value is -1.39. The van der Waals surface area contributed by atoms with Crippen LogP contribution in [0.2, 0.25) is 0 Å². The number of rotatable bonds is 7. The zero-order valence-electron chi connectivity index (χ0n) is 12.9. The van der Waals surface area contributed by atoms with Gasteiger partial charge in [0.05, 0.1) is 25.2 Å². The van der Waals surface area contributed by atoms with Crippen molar-refractivity contribution in [2.45, 2.75) is 44.8 Å². The number of hydrogen-bond acceptors (Lipinski definition) is 3. The fourth-order valence-electron chi connectivity index (χ4n) is 2.57. The van der Waals surface area contributed by atoms with Gasteiger partial charge in [-0.15, -0.1) is 0 Å². The first-order valence-electron chi connectivity index (χ1n) is 7.75. The Kier molecular flexibility index (Phi) is 6.21. The molecule has 21 heavy (non-hydrogen) atoms. The van der Waals surface area contributed by atoms with E-state index in [1.54, 1.807) is 0 Å². The second-order valence-corrected chi connectivity index (χ2v) is 5.60. The molecule has 0 spiro atoms. The van der Waals surface area contributed by atoms with Gasteiger partial charge in [-0.25, -0.2) is 0 Å². The van der Waals surface area contributed by atoms with Crippen LogP contribution in [0.25, 0.3) is 0 Å². The van der Waals surface area contributed by atoms with E-state index in [-0.39, 0.29) is 24.0 Å². The minimum Gasteiger partial charge on any atom is -0.379 e. The van der Waals surface area contributed by atoms with Gasteiger partial charge in [0.15, 0.2) is 0 Å². The van der Waals surface area contributed by atoms with Crippen LogP contribution in [0.1, 0.15) is 38.2 Å². The highest BCUT2D eigenvalue weighted by atomic mass is 16.5. The number of carbonyl (C=O) groups is 1. The van der Waals surface area contributed by atoms with Gasteiger partial charge in [0.25, 0.3) is 0 Å². The molecule has 116 valence electrons. The van der Waals surface area contributed by atoms with Gasteiger partial charge in [0, 0.05) is 12.6 Å². The minimum absolute atomic E-state index is 0.0101. The monoisotopic (exact) mass is 291 g/mol. The van der Waals surface area contributed by atoms with Crippen LogP contribution in [0.4, 0.5) is 0 Å². The van der Waals surface area contributed by atoms with E-state index in [0.29, 0.717) is 13.2 Å². The Bertz CT molecular complexity index is 429. The summed E-state index contributed by atoms with van der Waals surface area (Å²) in [6.07, 6.45) is 1.92. The highest BCUT2D eigenvalue weighted by molar-refractivity contribution is 5.83. The molecular weight excluding hydrogens is 266 g/mol. The maximum Gasteiger partial charge on any atom is 0.227 e. The zero-order chi connectivity index (χ0) is 15.1. The van der Waals surface area contributed by atoms with Crippen LogP contribution in [0.5, 0.6) is 0 Å². The van der Waals surface area contributed by atoms with Crippen molar-refractivity contribution in [3.8, 4) is 0 Å². The molecule has 1 aliphatic heterocycles. The molecule has 0 aromatic heterocycles. The van der Waals surface area contributed by atoms with Gasteiger partial charge >= 0.3 is 0 Å². The van der Waals surface area contributed by atoms with Crippen molar-refractivity contribution in [3.63, 3.8) is 0 Å². The molecule has 1 saturated heterocycles. The molecule has 0 aliphatic carbocycles. The van der Waals surface area contributed by atoms with E-state index in [1.165, 1.54) is 0 Å². The van der Waals surface area contributed by atoms with E-state index < -0.39 is 0 Å². The summed E-state index contributed by atoms with van der Waals surface area (Å²) < 4.78 is 11.0. The van der Waals surface area contributed by atoms with E-state index in [1.807, 2.05) is 44.2 Å². The summed E-state index contributed by atoms with van der Waals surface area (Å²) in [6.45, 7) is 5.99. The molecular formula is C17H25NO3. The molecule has 0 radical (unpaired) electrons. The van der Waals surface area contributed by atoms with Crippen molar-refractivity contribution >= 4 is 5.91 Å².